The van der Waals surface area contributed by atoms with E-state index < -0.39 is 0 Å². The van der Waals surface area contributed by atoms with E-state index in [1.165, 1.54) is 11.1 Å². The number of guanidine groups is 1. The van der Waals surface area contributed by atoms with Crippen molar-refractivity contribution in [2.75, 3.05) is 6.54 Å². The Morgan fingerprint density at radius 2 is 1.80 bits per heavy atom. The Kier molecular flexibility index (Phi) is 2.39. The van der Waals surface area contributed by atoms with E-state index in [4.69, 9.17) is 11.5 Å². The molecule has 0 unspecified atom stereocenters. The van der Waals surface area contributed by atoms with E-state index in [1.54, 1.807) is 0 Å². The van der Waals surface area contributed by atoms with Crippen LogP contribution in [0.1, 0.15) is 18.1 Å². The number of fused-ring (bicyclic) bond motifs is 1. The Bertz CT molecular complexity index is 367. The fraction of sp³-hybridized carbons (Fsp3) is 0.417. The molecular weight excluding hydrogens is 186 g/mol. The Morgan fingerprint density at radius 1 is 1.27 bits per heavy atom. The quantitative estimate of drug-likeness (QED) is 0.557. The maximum absolute atomic E-state index is 5.36. The van der Waals surface area contributed by atoms with Crippen LogP contribution in [0.4, 0.5) is 0 Å². The smallest absolute Gasteiger partial charge is 0.185 e. The van der Waals surface area contributed by atoms with Crippen LogP contribution in [0.15, 0.2) is 29.3 Å². The van der Waals surface area contributed by atoms with Crippen LogP contribution in [0.25, 0.3) is 0 Å². The second-order valence-corrected chi connectivity index (χ2v) is 4.67. The predicted octanol–water partition coefficient (Wildman–Crippen LogP) is 1.06. The first kappa shape index (κ1) is 10.0. The lowest BCUT2D eigenvalue weighted by atomic mass is 9.87. The lowest BCUT2D eigenvalue weighted by Crippen LogP contribution is -2.27. The van der Waals surface area contributed by atoms with Crippen LogP contribution in [0, 0.1) is 5.41 Å². The molecule has 2 rings (SSSR count). The summed E-state index contributed by atoms with van der Waals surface area (Å²) in [4.78, 5) is 4.13. The summed E-state index contributed by atoms with van der Waals surface area (Å²) < 4.78 is 0. The molecule has 80 valence electrons. The summed E-state index contributed by atoms with van der Waals surface area (Å²) in [7, 11) is 0. The summed E-state index contributed by atoms with van der Waals surface area (Å²) in [5, 5.41) is 0. The monoisotopic (exact) mass is 203 g/mol. The Morgan fingerprint density at radius 3 is 2.27 bits per heavy atom. The van der Waals surface area contributed by atoms with Gasteiger partial charge in [0.15, 0.2) is 5.96 Å². The minimum atomic E-state index is 0.187. The zero-order valence-electron chi connectivity index (χ0n) is 9.03. The number of hydrogen-bond donors (Lipinski definition) is 2. The number of aliphatic imine (C=N–C) groups is 1. The van der Waals surface area contributed by atoms with Gasteiger partial charge in [-0.3, -0.25) is 4.99 Å². The first-order valence-corrected chi connectivity index (χ1v) is 5.21. The molecular formula is C12H17N3. The largest absolute Gasteiger partial charge is 0.370 e. The first-order chi connectivity index (χ1) is 7.09. The van der Waals surface area contributed by atoms with Crippen LogP contribution in [0.2, 0.25) is 0 Å². The summed E-state index contributed by atoms with van der Waals surface area (Å²) in [5.41, 5.74) is 13.8. The average Bonchev–Trinajstić information content (AvgIpc) is 2.52. The normalized spacial score (nSPS) is 17.1. The van der Waals surface area contributed by atoms with Crippen molar-refractivity contribution in [2.24, 2.45) is 21.9 Å². The van der Waals surface area contributed by atoms with Crippen molar-refractivity contribution in [1.29, 1.82) is 0 Å². The van der Waals surface area contributed by atoms with E-state index in [0.29, 0.717) is 6.54 Å². The van der Waals surface area contributed by atoms with Crippen LogP contribution in [-0.2, 0) is 12.8 Å². The summed E-state index contributed by atoms with van der Waals surface area (Å²) in [5.74, 6) is 0.187. The highest BCUT2D eigenvalue weighted by molar-refractivity contribution is 5.75. The summed E-state index contributed by atoms with van der Waals surface area (Å²) in [6, 6.07) is 8.56. The van der Waals surface area contributed by atoms with Gasteiger partial charge in [0.05, 0.1) is 0 Å². The number of rotatable bonds is 2. The van der Waals surface area contributed by atoms with Crippen LogP contribution in [-0.4, -0.2) is 12.5 Å². The minimum absolute atomic E-state index is 0.187. The van der Waals surface area contributed by atoms with Gasteiger partial charge in [0.1, 0.15) is 0 Å². The van der Waals surface area contributed by atoms with Crippen LogP contribution >= 0.6 is 0 Å². The van der Waals surface area contributed by atoms with E-state index in [1.807, 2.05) is 0 Å². The number of nitrogens with two attached hydrogens (primary N) is 2. The fourth-order valence-corrected chi connectivity index (χ4v) is 2.28. The van der Waals surface area contributed by atoms with E-state index in [9.17, 15) is 0 Å². The first-order valence-electron chi connectivity index (χ1n) is 5.21. The molecule has 0 saturated heterocycles. The zero-order chi connectivity index (χ0) is 10.9. The van der Waals surface area contributed by atoms with Crippen molar-refractivity contribution in [3.05, 3.63) is 35.4 Å². The Balaban J connectivity index is 2.14. The Labute approximate surface area is 90.2 Å². The van der Waals surface area contributed by atoms with Gasteiger partial charge in [-0.05, 0) is 29.4 Å². The highest BCUT2D eigenvalue weighted by Crippen LogP contribution is 2.36. The van der Waals surface area contributed by atoms with E-state index in [0.717, 1.165) is 12.8 Å². The third-order valence-electron chi connectivity index (χ3n) is 3.00. The molecule has 3 nitrogen and oxygen atoms in total. The molecule has 0 fully saturated rings. The van der Waals surface area contributed by atoms with Gasteiger partial charge in [-0.2, -0.15) is 0 Å². The molecule has 1 aliphatic carbocycles. The van der Waals surface area contributed by atoms with E-state index >= 15 is 0 Å². The molecule has 0 aromatic heterocycles. The van der Waals surface area contributed by atoms with E-state index in [-0.39, 0.29) is 11.4 Å². The minimum Gasteiger partial charge on any atom is -0.370 e. The average molecular weight is 203 g/mol. The second kappa shape index (κ2) is 3.57. The van der Waals surface area contributed by atoms with Crippen molar-refractivity contribution >= 4 is 5.96 Å². The molecule has 0 aliphatic heterocycles. The van der Waals surface area contributed by atoms with Gasteiger partial charge in [0.25, 0.3) is 0 Å². The summed E-state index contributed by atoms with van der Waals surface area (Å²) >= 11 is 0. The van der Waals surface area contributed by atoms with Crippen LogP contribution in [0.5, 0.6) is 0 Å². The molecule has 3 heteroatoms. The molecule has 0 amide bonds. The molecule has 1 aliphatic rings. The third-order valence-corrected chi connectivity index (χ3v) is 3.00. The predicted molar refractivity (Wildman–Crippen MR) is 62.6 cm³/mol. The van der Waals surface area contributed by atoms with Gasteiger partial charge in [-0.25, -0.2) is 0 Å². The van der Waals surface area contributed by atoms with Crippen LogP contribution in [0.3, 0.4) is 0 Å². The molecule has 0 bridgehead atoms. The van der Waals surface area contributed by atoms with Crippen molar-refractivity contribution in [3.8, 4) is 0 Å². The number of benzene rings is 1. The molecule has 0 heterocycles. The van der Waals surface area contributed by atoms with Gasteiger partial charge in [0.2, 0.25) is 0 Å². The summed E-state index contributed by atoms with van der Waals surface area (Å²) in [6.07, 6.45) is 2.14. The van der Waals surface area contributed by atoms with Gasteiger partial charge in [0, 0.05) is 6.54 Å². The summed E-state index contributed by atoms with van der Waals surface area (Å²) in [6.45, 7) is 2.95. The highest BCUT2D eigenvalue weighted by atomic mass is 15.0. The molecule has 0 radical (unpaired) electrons. The van der Waals surface area contributed by atoms with Gasteiger partial charge in [-0.1, -0.05) is 31.2 Å². The third kappa shape index (κ3) is 2.12. The number of nitrogens with zero attached hydrogens (tertiary/aromatic N) is 1. The lowest BCUT2D eigenvalue weighted by Gasteiger charge is -2.20. The topological polar surface area (TPSA) is 64.4 Å². The fourth-order valence-electron chi connectivity index (χ4n) is 2.28. The standard InChI is InChI=1S/C12H17N3/c1-12(8-15-11(13)14)6-9-4-2-3-5-10(9)7-12/h2-5H,6-8H2,1H3,(H4,13,14,15). The molecule has 4 N–H and O–H groups in total. The van der Waals surface area contributed by atoms with Gasteiger partial charge >= 0.3 is 0 Å². The molecule has 1 aromatic carbocycles. The van der Waals surface area contributed by atoms with E-state index in [2.05, 4.69) is 36.2 Å². The van der Waals surface area contributed by atoms with Crippen molar-refractivity contribution < 1.29 is 0 Å². The Hall–Kier alpha value is -1.51. The maximum atomic E-state index is 5.36. The molecule has 1 aromatic rings. The van der Waals surface area contributed by atoms with Crippen molar-refractivity contribution in [1.82, 2.24) is 0 Å². The molecule has 0 atom stereocenters. The molecule has 0 spiro atoms. The van der Waals surface area contributed by atoms with Gasteiger partial charge < -0.3 is 11.5 Å². The number of hydrogen-bond acceptors (Lipinski definition) is 1. The molecule has 15 heavy (non-hydrogen) atoms. The molecule has 0 saturated carbocycles. The highest BCUT2D eigenvalue weighted by Gasteiger charge is 2.32. The maximum Gasteiger partial charge on any atom is 0.185 e. The van der Waals surface area contributed by atoms with Gasteiger partial charge in [-0.15, -0.1) is 0 Å². The zero-order valence-corrected chi connectivity index (χ0v) is 9.03. The lowest BCUT2D eigenvalue weighted by molar-refractivity contribution is 0.360. The SMILES string of the molecule is CC1(CN=C(N)N)Cc2ccccc2C1. The van der Waals surface area contributed by atoms with Crippen molar-refractivity contribution in [2.45, 2.75) is 19.8 Å². The van der Waals surface area contributed by atoms with Crippen LogP contribution < -0.4 is 11.5 Å². The second-order valence-electron chi connectivity index (χ2n) is 4.67. The van der Waals surface area contributed by atoms with Crippen molar-refractivity contribution in [3.63, 3.8) is 0 Å².